The third-order valence-corrected chi connectivity index (χ3v) is 6.55. The molecular weight excluding hydrogens is 558 g/mol. The van der Waals surface area contributed by atoms with E-state index in [1.807, 2.05) is 19.0 Å². The van der Waals surface area contributed by atoms with Gasteiger partial charge >= 0.3 is 6.18 Å². The van der Waals surface area contributed by atoms with Crippen LogP contribution < -0.4 is 16.8 Å². The number of nitrogens with two attached hydrogens (primary N) is 2. The molecule has 0 spiro atoms. The molecule has 220 valence electrons. The van der Waals surface area contributed by atoms with Crippen molar-refractivity contribution < 1.29 is 31.9 Å². The molecule has 0 aliphatic rings. The molecule has 0 saturated heterocycles. The number of hydrogen-bond acceptors (Lipinski definition) is 6. The number of fused-ring (bicyclic) bond motifs is 1. The van der Waals surface area contributed by atoms with E-state index in [0.29, 0.717) is 24.2 Å². The Morgan fingerprint density at radius 3 is 2.24 bits per heavy atom. The number of amides is 3. The van der Waals surface area contributed by atoms with E-state index in [4.69, 9.17) is 11.5 Å². The maximum absolute atomic E-state index is 14.4. The number of likely N-dealkylation sites (N-methyl/N-ethyl adjacent to an activating group) is 1. The maximum Gasteiger partial charge on any atom is 0.435 e. The topological polar surface area (TPSA) is 149 Å². The molecule has 42 heavy (non-hydrogen) atoms. The first-order valence-electron chi connectivity index (χ1n) is 12.6. The quantitative estimate of drug-likeness (QED) is 0.257. The van der Waals surface area contributed by atoms with Crippen LogP contribution in [0.1, 0.15) is 48.2 Å². The molecule has 0 bridgehead atoms. The van der Waals surface area contributed by atoms with Crippen LogP contribution >= 0.6 is 0 Å². The van der Waals surface area contributed by atoms with Gasteiger partial charge in [0.1, 0.15) is 11.5 Å². The van der Waals surface area contributed by atoms with Gasteiger partial charge < -0.3 is 21.7 Å². The summed E-state index contributed by atoms with van der Waals surface area (Å²) in [4.78, 5) is 43.3. The summed E-state index contributed by atoms with van der Waals surface area (Å²) in [5.74, 6) is -3.49. The van der Waals surface area contributed by atoms with Gasteiger partial charge in [-0.05, 0) is 50.8 Å². The maximum atomic E-state index is 14.4. The molecule has 0 atom stereocenters. The number of hydrogen-bond donors (Lipinski definition) is 3. The molecule has 2 heterocycles. The lowest BCUT2D eigenvalue weighted by Crippen LogP contribution is -2.31. The average Bonchev–Trinajstić information content (AvgIpc) is 3.23. The van der Waals surface area contributed by atoms with Crippen LogP contribution in [-0.2, 0) is 12.7 Å². The number of nitrogens with one attached hydrogen (secondary N) is 1. The van der Waals surface area contributed by atoms with Crippen molar-refractivity contribution in [1.29, 1.82) is 0 Å². The van der Waals surface area contributed by atoms with E-state index in [0.717, 1.165) is 22.9 Å². The van der Waals surface area contributed by atoms with Gasteiger partial charge in [-0.15, -0.1) is 0 Å². The molecule has 0 radical (unpaired) electrons. The van der Waals surface area contributed by atoms with Gasteiger partial charge in [0.15, 0.2) is 5.69 Å². The Labute approximate surface area is 237 Å². The second-order valence-electron chi connectivity index (χ2n) is 9.82. The number of alkyl halides is 3. The largest absolute Gasteiger partial charge is 0.435 e. The van der Waals surface area contributed by atoms with Crippen LogP contribution in [0.4, 0.5) is 17.6 Å². The Hall–Kier alpha value is -4.85. The lowest BCUT2D eigenvalue weighted by Gasteiger charge is -2.16. The number of rotatable bonds is 9. The van der Waals surface area contributed by atoms with Crippen LogP contribution in [0.15, 0.2) is 42.5 Å². The van der Waals surface area contributed by atoms with Crippen molar-refractivity contribution >= 4 is 28.6 Å². The highest BCUT2D eigenvalue weighted by atomic mass is 19.4. The smallest absolute Gasteiger partial charge is 0.366 e. The zero-order valence-electron chi connectivity index (χ0n) is 22.8. The van der Waals surface area contributed by atoms with Crippen LogP contribution in [0, 0.1) is 12.7 Å². The van der Waals surface area contributed by atoms with E-state index in [-0.39, 0.29) is 29.0 Å². The Balaban J connectivity index is 1.83. The van der Waals surface area contributed by atoms with Crippen LogP contribution in [0.5, 0.6) is 0 Å². The molecule has 4 aromatic rings. The molecule has 14 heteroatoms. The number of nitrogens with zero attached hydrogens (tertiary/aromatic N) is 4. The molecule has 5 N–H and O–H groups in total. The summed E-state index contributed by atoms with van der Waals surface area (Å²) in [5, 5.41) is 6.49. The second kappa shape index (κ2) is 11.6. The van der Waals surface area contributed by atoms with E-state index >= 15 is 0 Å². The number of carbonyl (C=O) groups is 3. The van der Waals surface area contributed by atoms with Crippen molar-refractivity contribution in [1.82, 2.24) is 25.0 Å². The van der Waals surface area contributed by atoms with E-state index in [2.05, 4.69) is 15.4 Å². The third-order valence-electron chi connectivity index (χ3n) is 6.55. The molecule has 10 nitrogen and oxygen atoms in total. The number of halogens is 4. The summed E-state index contributed by atoms with van der Waals surface area (Å²) in [6.45, 7) is 2.25. The molecule has 0 saturated carbocycles. The molecule has 0 unspecified atom stereocenters. The van der Waals surface area contributed by atoms with Gasteiger partial charge in [0.2, 0.25) is 5.91 Å². The minimum absolute atomic E-state index is 0.0661. The molecule has 2 aromatic heterocycles. The zero-order valence-corrected chi connectivity index (χ0v) is 22.8. The van der Waals surface area contributed by atoms with E-state index < -0.39 is 51.9 Å². The first-order valence-corrected chi connectivity index (χ1v) is 12.6. The normalized spacial score (nSPS) is 11.7. The fraction of sp³-hybridized carbons (Fsp3) is 0.250. The highest BCUT2D eigenvalue weighted by molar-refractivity contribution is 6.15. The molecule has 4 rings (SSSR count). The van der Waals surface area contributed by atoms with Gasteiger partial charge in [-0.2, -0.15) is 18.3 Å². The number of benzene rings is 2. The van der Waals surface area contributed by atoms with Gasteiger partial charge in [-0.1, -0.05) is 12.1 Å². The summed E-state index contributed by atoms with van der Waals surface area (Å²) in [7, 11) is 3.74. The van der Waals surface area contributed by atoms with Crippen molar-refractivity contribution in [3.8, 4) is 11.1 Å². The van der Waals surface area contributed by atoms with Gasteiger partial charge in [0.05, 0.1) is 17.6 Å². The molecule has 0 aliphatic heterocycles. The Kier molecular flexibility index (Phi) is 8.29. The van der Waals surface area contributed by atoms with Crippen LogP contribution in [-0.4, -0.2) is 64.6 Å². The first kappa shape index (κ1) is 30.1. The van der Waals surface area contributed by atoms with Crippen LogP contribution in [0.3, 0.4) is 0 Å². The first-order chi connectivity index (χ1) is 19.7. The molecular formula is C28H27F4N7O3. The summed E-state index contributed by atoms with van der Waals surface area (Å²) in [6, 6.07) is 9.25. The predicted octanol–water partition coefficient (Wildman–Crippen LogP) is 3.10. The highest BCUT2D eigenvalue weighted by Gasteiger charge is 2.41. The Morgan fingerprint density at radius 2 is 1.67 bits per heavy atom. The van der Waals surface area contributed by atoms with E-state index in [1.54, 1.807) is 12.1 Å². The number of pyridine rings is 1. The van der Waals surface area contributed by atoms with Crippen molar-refractivity contribution in [2.45, 2.75) is 19.6 Å². The van der Waals surface area contributed by atoms with E-state index in [9.17, 15) is 31.9 Å². The average molecular weight is 586 g/mol. The lowest BCUT2D eigenvalue weighted by atomic mass is 9.92. The van der Waals surface area contributed by atoms with Gasteiger partial charge in [0, 0.05) is 46.9 Å². The predicted molar refractivity (Wildman–Crippen MR) is 146 cm³/mol. The minimum Gasteiger partial charge on any atom is -0.366 e. The summed E-state index contributed by atoms with van der Waals surface area (Å²) >= 11 is 0. The van der Waals surface area contributed by atoms with Crippen molar-refractivity contribution in [3.63, 3.8) is 0 Å². The third kappa shape index (κ3) is 6.07. The SMILES string of the molecule is Cc1c(-c2c(C(N)=O)nc3cc(F)ccc3c2C(N)=O)c(C(F)(F)F)nn1Cc1ccc(C(=O)NCCN(C)C)cc1. The van der Waals surface area contributed by atoms with Crippen molar-refractivity contribution in [2.75, 3.05) is 27.2 Å². The van der Waals surface area contributed by atoms with Crippen molar-refractivity contribution in [2.24, 2.45) is 11.5 Å². The monoisotopic (exact) mass is 585 g/mol. The van der Waals surface area contributed by atoms with Crippen LogP contribution in [0.25, 0.3) is 22.0 Å². The van der Waals surface area contributed by atoms with Gasteiger partial charge in [0.25, 0.3) is 11.8 Å². The number of primary amides is 2. The standard InChI is InChI=1S/C28H27F4N7O3/c1-14-20(22-21(25(33)40)18-9-8-17(29)12-19(18)36-23(22)26(34)41)24(28(30,31)32)37-39(14)13-15-4-6-16(7-5-15)27(42)35-10-11-38(2)3/h4-9,12H,10-11,13H2,1-3H3,(H2,33,40)(H2,34,41)(H,35,42). The molecule has 0 fully saturated rings. The number of aromatic nitrogens is 3. The molecule has 0 aliphatic carbocycles. The fourth-order valence-corrected chi connectivity index (χ4v) is 4.54. The summed E-state index contributed by atoms with van der Waals surface area (Å²) in [5.41, 5.74) is 7.97. The van der Waals surface area contributed by atoms with Crippen LogP contribution in [0.2, 0.25) is 0 Å². The highest BCUT2D eigenvalue weighted by Crippen LogP contribution is 2.42. The number of carbonyl (C=O) groups excluding carboxylic acids is 3. The van der Waals surface area contributed by atoms with Gasteiger partial charge in [-0.25, -0.2) is 9.37 Å². The summed E-state index contributed by atoms with van der Waals surface area (Å²) in [6.07, 6.45) is -5.03. The summed E-state index contributed by atoms with van der Waals surface area (Å²) < 4.78 is 58.1. The minimum atomic E-state index is -5.03. The Bertz CT molecular complexity index is 1700. The van der Waals surface area contributed by atoms with Crippen molar-refractivity contribution in [3.05, 3.63) is 82.1 Å². The van der Waals surface area contributed by atoms with Gasteiger partial charge in [-0.3, -0.25) is 19.1 Å². The lowest BCUT2D eigenvalue weighted by molar-refractivity contribution is -0.141. The zero-order chi connectivity index (χ0) is 30.9. The molecule has 2 aromatic carbocycles. The Morgan fingerprint density at radius 1 is 1.00 bits per heavy atom. The fourth-order valence-electron chi connectivity index (χ4n) is 4.54. The second-order valence-corrected chi connectivity index (χ2v) is 9.82. The molecule has 3 amide bonds. The van der Waals surface area contributed by atoms with E-state index in [1.165, 1.54) is 19.1 Å².